The SMILES string of the molecule is [2H]B1C([2H])=C([2H])C([2H])=C([2H])N1[2H]. The topological polar surface area (TPSA) is 12.0 Å². The van der Waals surface area contributed by atoms with Crippen LogP contribution in [0.15, 0.2) is 24.2 Å². The van der Waals surface area contributed by atoms with Crippen LogP contribution in [0.25, 0.3) is 0 Å². The van der Waals surface area contributed by atoms with Crippen LogP contribution in [0.2, 0.25) is 1.41 Å². The summed E-state index contributed by atoms with van der Waals surface area (Å²) in [6.07, 6.45) is -0.504. The van der Waals surface area contributed by atoms with Gasteiger partial charge in [-0.2, -0.15) is 0 Å². The number of rotatable bonds is 0. The molecule has 0 unspecified atom stereocenters. The van der Waals surface area contributed by atoms with E-state index in [2.05, 4.69) is 0 Å². The highest BCUT2D eigenvalue weighted by atomic mass is 14.7. The van der Waals surface area contributed by atoms with E-state index in [9.17, 15) is 0 Å². The van der Waals surface area contributed by atoms with Gasteiger partial charge in [0.25, 0.3) is 7.38 Å². The van der Waals surface area contributed by atoms with Gasteiger partial charge in [-0.05, 0) is 12.2 Å². The van der Waals surface area contributed by atoms with Crippen LogP contribution >= 0.6 is 0 Å². The number of hydrogen-bond donors (Lipinski definition) is 1. The molecule has 0 saturated carbocycles. The van der Waals surface area contributed by atoms with Crippen LogP contribution in [0.5, 0.6) is 0 Å². The van der Waals surface area contributed by atoms with Gasteiger partial charge in [-0.1, -0.05) is 12.0 Å². The van der Waals surface area contributed by atoms with Gasteiger partial charge in [0.2, 0.25) is 0 Å². The summed E-state index contributed by atoms with van der Waals surface area (Å²) in [4.78, 5) is 0. The lowest BCUT2D eigenvalue weighted by Gasteiger charge is -1.92. The van der Waals surface area contributed by atoms with Gasteiger partial charge in [0.05, 0.1) is 4.11 Å². The Morgan fingerprint density at radius 1 is 2.00 bits per heavy atom. The van der Waals surface area contributed by atoms with E-state index < -0.39 is 31.6 Å². The van der Waals surface area contributed by atoms with Gasteiger partial charge in [-0.3, -0.25) is 0 Å². The summed E-state index contributed by atoms with van der Waals surface area (Å²) in [6, 6.07) is -0.915. The van der Waals surface area contributed by atoms with Crippen molar-refractivity contribution in [3.8, 4) is 0 Å². The van der Waals surface area contributed by atoms with E-state index in [-0.39, 0.29) is 0 Å². The van der Waals surface area contributed by atoms with Gasteiger partial charge in [-0.15, -0.1) is 0 Å². The highest BCUT2D eigenvalue weighted by Crippen LogP contribution is 1.76. The quantitative estimate of drug-likeness (QED) is 0.407. The number of hydrogen-bond acceptors (Lipinski definition) is 1. The molecule has 0 amide bonds. The molecule has 2 heteroatoms. The van der Waals surface area contributed by atoms with E-state index in [0.29, 0.717) is 5.22 Å². The summed E-state index contributed by atoms with van der Waals surface area (Å²) >= 11 is 0. The highest BCUT2D eigenvalue weighted by molar-refractivity contribution is 6.39. The average Bonchev–Trinajstić information content (AvgIpc) is 2.08. The van der Waals surface area contributed by atoms with Crippen molar-refractivity contribution < 1.29 is 6.89 Å². The molecule has 30 valence electrons. The Balaban J connectivity index is 3.18. The molecular formula is C4H6BN. The molecule has 0 bridgehead atoms. The fourth-order valence-electron chi connectivity index (χ4n) is 0.193. The predicted octanol–water partition coefficient (Wildman–Crippen LogP) is -0.0315. The molecule has 0 aromatic heterocycles. The van der Waals surface area contributed by atoms with E-state index in [1.165, 1.54) is 0 Å². The predicted molar refractivity (Wildman–Crippen MR) is 28.6 cm³/mol. The van der Waals surface area contributed by atoms with Crippen LogP contribution in [0.3, 0.4) is 0 Å². The van der Waals surface area contributed by atoms with Gasteiger partial charge < -0.3 is 5.22 Å². The van der Waals surface area contributed by atoms with Gasteiger partial charge in [0.1, 0.15) is 1.41 Å². The third kappa shape index (κ3) is 0.644. The standard InChI is InChI=1S/C4H6BN/c1-2-4-6-5-3-1/h1-6H/i1D,2D,3D,4D,5D/hD. The largest absolute Gasteiger partial charge is 0.433 e. The Labute approximate surface area is 46.4 Å². The van der Waals surface area contributed by atoms with E-state index in [4.69, 9.17) is 8.23 Å². The molecule has 0 aromatic rings. The summed E-state index contributed by atoms with van der Waals surface area (Å²) in [5.41, 5.74) is 0. The van der Waals surface area contributed by atoms with Gasteiger partial charge in [-0.25, -0.2) is 0 Å². The lowest BCUT2D eigenvalue weighted by atomic mass is 9.93. The van der Waals surface area contributed by atoms with Crippen molar-refractivity contribution in [3.63, 3.8) is 0 Å². The lowest BCUT2D eigenvalue weighted by molar-refractivity contribution is 1.35. The van der Waals surface area contributed by atoms with Crippen molar-refractivity contribution in [3.05, 3.63) is 24.2 Å². The smallest absolute Gasteiger partial charge is 0.259 e. The maximum Gasteiger partial charge on any atom is 0.259 e. The van der Waals surface area contributed by atoms with Crippen LogP contribution in [0.4, 0.5) is 0 Å². The van der Waals surface area contributed by atoms with Crippen molar-refractivity contribution in [2.24, 2.45) is 0 Å². The zero-order chi connectivity index (χ0) is 9.46. The average molecular weight is 84.9 g/mol. The Morgan fingerprint density at radius 3 is 4.00 bits per heavy atom. The molecule has 0 aliphatic carbocycles. The number of nitrogens with one attached hydrogen (secondary N) is 1. The van der Waals surface area contributed by atoms with Crippen LogP contribution in [0.1, 0.15) is 5.48 Å². The van der Waals surface area contributed by atoms with E-state index in [1.54, 1.807) is 0 Å². The molecule has 1 aliphatic rings. The molecule has 0 saturated heterocycles. The second-order valence-corrected chi connectivity index (χ2v) is 0.764. The summed E-state index contributed by atoms with van der Waals surface area (Å²) in [5.74, 6) is -0.411. The molecule has 0 radical (unpaired) electrons. The van der Waals surface area contributed by atoms with Crippen molar-refractivity contribution in [1.29, 1.82) is 1.34 Å². The molecule has 1 rings (SSSR count). The molecule has 0 aromatic carbocycles. The summed E-state index contributed by atoms with van der Waals surface area (Å²) < 4.78 is 42.7. The van der Waals surface area contributed by atoms with Crippen LogP contribution in [-0.2, 0) is 0 Å². The Bertz CT molecular complexity index is 245. The molecule has 0 spiro atoms. The summed E-state index contributed by atoms with van der Waals surface area (Å²) in [7, 11) is -1.35. The minimum Gasteiger partial charge on any atom is -0.433 e. The second kappa shape index (κ2) is 1.70. The summed E-state index contributed by atoms with van der Waals surface area (Å²) in [5, 5.41) is 0.433. The molecular weight excluding hydrogens is 72.9 g/mol. The van der Waals surface area contributed by atoms with Gasteiger partial charge >= 0.3 is 0 Å². The van der Waals surface area contributed by atoms with E-state index in [0.717, 1.165) is 0 Å². The van der Waals surface area contributed by atoms with Gasteiger partial charge in [0.15, 0.2) is 0 Å². The fourth-order valence-corrected chi connectivity index (χ4v) is 0.193. The Morgan fingerprint density at radius 2 is 3.00 bits per heavy atom. The highest BCUT2D eigenvalue weighted by Gasteiger charge is 1.78. The first-order chi connectivity index (χ1) is 5.46. The van der Waals surface area contributed by atoms with Crippen LogP contribution in [-0.4, -0.2) is 8.71 Å². The van der Waals surface area contributed by atoms with E-state index in [1.807, 2.05) is 0 Å². The Hall–Kier alpha value is -0.655. The third-order valence-corrected chi connectivity index (χ3v) is 0.384. The first kappa shape index (κ1) is 0.784. The molecule has 1 nitrogen and oxygen atoms in total. The molecule has 6 heavy (non-hydrogen) atoms. The van der Waals surface area contributed by atoms with Crippen LogP contribution < -0.4 is 5.22 Å². The molecule has 0 atom stereocenters. The zero-order valence-electron chi connectivity index (χ0n) is 9.02. The monoisotopic (exact) mass is 85.1 g/mol. The lowest BCUT2D eigenvalue weighted by Crippen LogP contribution is -2.10. The molecule has 0 fully saturated rings. The molecule has 1 N–H and O–H groups in total. The maximum atomic E-state index is 7.17. The van der Waals surface area contributed by atoms with Crippen molar-refractivity contribution >= 4 is 7.38 Å². The van der Waals surface area contributed by atoms with Gasteiger partial charge in [0, 0.05) is 2.71 Å². The number of allylic oxidation sites excluding steroid dienone is 2. The minimum absolute atomic E-state index is 0.411. The van der Waals surface area contributed by atoms with Crippen molar-refractivity contribution in [1.82, 2.24) is 5.22 Å². The second-order valence-electron chi connectivity index (χ2n) is 0.764. The minimum atomic E-state index is -1.35. The summed E-state index contributed by atoms with van der Waals surface area (Å²) in [6.45, 7) is 0. The molecule has 1 heterocycles. The normalized spacial score (nSPS) is 40.0. The van der Waals surface area contributed by atoms with E-state index >= 15 is 0 Å². The first-order valence-electron chi connectivity index (χ1n) is 4.55. The van der Waals surface area contributed by atoms with Crippen LogP contribution in [0, 0.1) is 0 Å². The first-order valence-corrected chi connectivity index (χ1v) is 1.52. The maximum absolute atomic E-state index is 7.17. The Kier molecular flexibility index (Phi) is 0.222. The third-order valence-electron chi connectivity index (χ3n) is 0.384. The van der Waals surface area contributed by atoms with Crippen molar-refractivity contribution in [2.75, 3.05) is 0 Å². The van der Waals surface area contributed by atoms with Crippen molar-refractivity contribution in [2.45, 2.75) is 0 Å². The molecule has 1 aliphatic heterocycles. The zero-order valence-corrected chi connectivity index (χ0v) is 3.02. The fraction of sp³-hybridized carbons (Fsp3) is 0.